The van der Waals surface area contributed by atoms with Crippen molar-refractivity contribution in [1.82, 2.24) is 0 Å². The molecule has 0 aromatic heterocycles. The molecular formula is C15H12Cl2FNO. The summed E-state index contributed by atoms with van der Waals surface area (Å²) in [7, 11) is 0. The van der Waals surface area contributed by atoms with Crippen molar-refractivity contribution in [2.45, 2.75) is 12.8 Å². The SMILES string of the molecule is O=C(CCc1cccc(F)c1)Nc1c(Cl)cccc1Cl. The van der Waals surface area contributed by atoms with Crippen LogP contribution in [0.25, 0.3) is 0 Å². The van der Waals surface area contributed by atoms with Crippen molar-refractivity contribution in [3.63, 3.8) is 0 Å². The third-order valence-corrected chi connectivity index (χ3v) is 3.39. The van der Waals surface area contributed by atoms with E-state index in [4.69, 9.17) is 23.2 Å². The summed E-state index contributed by atoms with van der Waals surface area (Å²) in [6, 6.07) is 11.2. The summed E-state index contributed by atoms with van der Waals surface area (Å²) in [4.78, 5) is 11.9. The fourth-order valence-electron chi connectivity index (χ4n) is 1.77. The van der Waals surface area contributed by atoms with E-state index in [2.05, 4.69) is 5.32 Å². The Balaban J connectivity index is 1.96. The minimum atomic E-state index is -0.308. The topological polar surface area (TPSA) is 29.1 Å². The highest BCUT2D eigenvalue weighted by molar-refractivity contribution is 6.39. The second kappa shape index (κ2) is 6.73. The number of aryl methyl sites for hydroxylation is 1. The molecule has 0 aliphatic heterocycles. The molecule has 0 aliphatic rings. The van der Waals surface area contributed by atoms with E-state index in [9.17, 15) is 9.18 Å². The molecule has 0 spiro atoms. The molecule has 0 atom stereocenters. The molecule has 0 heterocycles. The maximum Gasteiger partial charge on any atom is 0.224 e. The smallest absolute Gasteiger partial charge is 0.224 e. The fraction of sp³-hybridized carbons (Fsp3) is 0.133. The summed E-state index contributed by atoms with van der Waals surface area (Å²) < 4.78 is 13.0. The Hall–Kier alpha value is -1.58. The lowest BCUT2D eigenvalue weighted by Gasteiger charge is -2.09. The molecule has 0 fully saturated rings. The van der Waals surface area contributed by atoms with E-state index in [1.807, 2.05) is 0 Å². The first-order valence-corrected chi connectivity index (χ1v) is 6.80. The maximum absolute atomic E-state index is 13.0. The molecule has 2 nitrogen and oxygen atoms in total. The van der Waals surface area contributed by atoms with Crippen molar-refractivity contribution in [1.29, 1.82) is 0 Å². The van der Waals surface area contributed by atoms with Crippen LogP contribution in [-0.2, 0) is 11.2 Å². The van der Waals surface area contributed by atoms with Crippen LogP contribution in [0.15, 0.2) is 42.5 Å². The Morgan fingerprint density at radius 3 is 2.40 bits per heavy atom. The van der Waals surface area contributed by atoms with Gasteiger partial charge >= 0.3 is 0 Å². The van der Waals surface area contributed by atoms with Gasteiger partial charge < -0.3 is 5.32 Å². The number of benzene rings is 2. The monoisotopic (exact) mass is 311 g/mol. The molecule has 0 bridgehead atoms. The molecule has 2 aromatic carbocycles. The first-order valence-electron chi connectivity index (χ1n) is 6.04. The number of nitrogens with one attached hydrogen (secondary N) is 1. The van der Waals surface area contributed by atoms with E-state index >= 15 is 0 Å². The molecule has 0 radical (unpaired) electrons. The zero-order chi connectivity index (χ0) is 14.5. The summed E-state index contributed by atoms with van der Waals surface area (Å²) >= 11 is 11.9. The molecule has 20 heavy (non-hydrogen) atoms. The van der Waals surface area contributed by atoms with E-state index < -0.39 is 0 Å². The molecule has 2 rings (SSSR count). The zero-order valence-electron chi connectivity index (χ0n) is 10.5. The van der Waals surface area contributed by atoms with Gasteiger partial charge in [-0.15, -0.1) is 0 Å². The van der Waals surface area contributed by atoms with Crippen LogP contribution < -0.4 is 5.32 Å². The zero-order valence-corrected chi connectivity index (χ0v) is 12.0. The number of anilines is 1. The summed E-state index contributed by atoms with van der Waals surface area (Å²) in [6.07, 6.45) is 0.677. The number of halogens is 3. The molecule has 0 saturated carbocycles. The van der Waals surface area contributed by atoms with Gasteiger partial charge in [0.15, 0.2) is 0 Å². The highest BCUT2D eigenvalue weighted by atomic mass is 35.5. The Bertz CT molecular complexity index is 611. The molecule has 0 aliphatic carbocycles. The standard InChI is InChI=1S/C15H12Cl2FNO/c16-12-5-2-6-13(17)15(12)19-14(20)8-7-10-3-1-4-11(18)9-10/h1-6,9H,7-8H2,(H,19,20). The van der Waals surface area contributed by atoms with Crippen molar-refractivity contribution >= 4 is 34.8 Å². The van der Waals surface area contributed by atoms with E-state index in [1.165, 1.54) is 12.1 Å². The van der Waals surface area contributed by atoms with E-state index in [-0.39, 0.29) is 18.1 Å². The minimum absolute atomic E-state index is 0.218. The Morgan fingerprint density at radius 2 is 1.75 bits per heavy atom. The third kappa shape index (κ3) is 3.95. The quantitative estimate of drug-likeness (QED) is 0.871. The number of hydrogen-bond donors (Lipinski definition) is 1. The number of carbonyl (C=O) groups is 1. The number of amides is 1. The largest absolute Gasteiger partial charge is 0.324 e. The Labute approximate surface area is 126 Å². The lowest BCUT2D eigenvalue weighted by Crippen LogP contribution is -2.13. The van der Waals surface area contributed by atoms with Crippen LogP contribution >= 0.6 is 23.2 Å². The predicted octanol–water partition coefficient (Wildman–Crippen LogP) is 4.70. The average molecular weight is 312 g/mol. The van der Waals surface area contributed by atoms with Gasteiger partial charge in [-0.3, -0.25) is 4.79 Å². The highest BCUT2D eigenvalue weighted by Crippen LogP contribution is 2.29. The third-order valence-electron chi connectivity index (χ3n) is 2.76. The van der Waals surface area contributed by atoms with Crippen LogP contribution in [0, 0.1) is 5.82 Å². The second-order valence-electron chi connectivity index (χ2n) is 4.27. The molecule has 5 heteroatoms. The summed E-state index contributed by atoms with van der Waals surface area (Å²) in [6.45, 7) is 0. The predicted molar refractivity (Wildman–Crippen MR) is 79.8 cm³/mol. The van der Waals surface area contributed by atoms with Crippen LogP contribution in [-0.4, -0.2) is 5.91 Å². The van der Waals surface area contributed by atoms with Gasteiger partial charge in [0.1, 0.15) is 5.82 Å². The van der Waals surface area contributed by atoms with Gasteiger partial charge in [0, 0.05) is 6.42 Å². The lowest BCUT2D eigenvalue weighted by atomic mass is 10.1. The first kappa shape index (κ1) is 14.8. The average Bonchev–Trinajstić information content (AvgIpc) is 2.41. The van der Waals surface area contributed by atoms with Gasteiger partial charge in [0.25, 0.3) is 0 Å². The molecular weight excluding hydrogens is 300 g/mol. The van der Waals surface area contributed by atoms with Crippen LogP contribution in [0.2, 0.25) is 10.0 Å². The molecule has 2 aromatic rings. The Kier molecular flexibility index (Phi) is 4.99. The summed E-state index contributed by atoms with van der Waals surface area (Å²) in [5.41, 5.74) is 1.17. The van der Waals surface area contributed by atoms with Crippen LogP contribution in [0.5, 0.6) is 0 Å². The van der Waals surface area contributed by atoms with Gasteiger partial charge in [0.2, 0.25) is 5.91 Å². The summed E-state index contributed by atoms with van der Waals surface area (Å²) in [5, 5.41) is 3.44. The van der Waals surface area contributed by atoms with Crippen LogP contribution in [0.4, 0.5) is 10.1 Å². The van der Waals surface area contributed by atoms with Gasteiger partial charge in [-0.1, -0.05) is 41.4 Å². The van der Waals surface area contributed by atoms with Crippen molar-refractivity contribution in [2.75, 3.05) is 5.32 Å². The second-order valence-corrected chi connectivity index (χ2v) is 5.09. The van der Waals surface area contributed by atoms with Gasteiger partial charge in [-0.05, 0) is 36.2 Å². The fourth-order valence-corrected chi connectivity index (χ4v) is 2.26. The maximum atomic E-state index is 13.0. The van der Waals surface area contributed by atoms with Gasteiger partial charge in [-0.25, -0.2) is 4.39 Å². The van der Waals surface area contributed by atoms with E-state index in [1.54, 1.807) is 30.3 Å². The first-order chi connectivity index (χ1) is 9.56. The van der Waals surface area contributed by atoms with E-state index in [0.717, 1.165) is 5.56 Å². The molecule has 1 amide bonds. The lowest BCUT2D eigenvalue weighted by molar-refractivity contribution is -0.116. The number of para-hydroxylation sites is 1. The molecule has 0 unspecified atom stereocenters. The van der Waals surface area contributed by atoms with Crippen molar-refractivity contribution in [2.24, 2.45) is 0 Å². The normalized spacial score (nSPS) is 10.3. The van der Waals surface area contributed by atoms with Crippen molar-refractivity contribution in [3.05, 3.63) is 63.9 Å². The Morgan fingerprint density at radius 1 is 1.10 bits per heavy atom. The minimum Gasteiger partial charge on any atom is -0.324 e. The van der Waals surface area contributed by atoms with Crippen LogP contribution in [0.3, 0.4) is 0 Å². The number of hydrogen-bond acceptors (Lipinski definition) is 1. The van der Waals surface area contributed by atoms with Crippen molar-refractivity contribution < 1.29 is 9.18 Å². The van der Waals surface area contributed by atoms with Gasteiger partial charge in [-0.2, -0.15) is 0 Å². The van der Waals surface area contributed by atoms with E-state index in [0.29, 0.717) is 22.2 Å². The molecule has 104 valence electrons. The highest BCUT2D eigenvalue weighted by Gasteiger charge is 2.09. The van der Waals surface area contributed by atoms with Gasteiger partial charge in [0.05, 0.1) is 15.7 Å². The molecule has 0 saturated heterocycles. The van der Waals surface area contributed by atoms with Crippen molar-refractivity contribution in [3.8, 4) is 0 Å². The van der Waals surface area contributed by atoms with Crippen LogP contribution in [0.1, 0.15) is 12.0 Å². The number of rotatable bonds is 4. The molecule has 1 N–H and O–H groups in total. The summed E-state index contributed by atoms with van der Waals surface area (Å²) in [5.74, 6) is -0.527. The number of carbonyl (C=O) groups excluding carboxylic acids is 1.